The number of hydrogen-bond acceptors (Lipinski definition) is 5. The number of hydrogen-bond donors (Lipinski definition) is 1. The van der Waals surface area contributed by atoms with Crippen molar-refractivity contribution in [2.45, 2.75) is 31.2 Å². The van der Waals surface area contributed by atoms with Crippen molar-refractivity contribution in [3.8, 4) is 0 Å². The zero-order chi connectivity index (χ0) is 18.4. The van der Waals surface area contributed by atoms with E-state index in [0.717, 1.165) is 12.1 Å². The van der Waals surface area contributed by atoms with E-state index in [2.05, 4.69) is 9.82 Å². The lowest BCUT2D eigenvalue weighted by atomic mass is 10.2. The van der Waals surface area contributed by atoms with E-state index in [-0.39, 0.29) is 33.8 Å². The van der Waals surface area contributed by atoms with Gasteiger partial charge in [-0.3, -0.25) is 9.40 Å². The minimum Gasteiger partial charge on any atom is -0.280 e. The van der Waals surface area contributed by atoms with Gasteiger partial charge in [-0.1, -0.05) is 0 Å². The Morgan fingerprint density at radius 1 is 1.24 bits per heavy atom. The Labute approximate surface area is 145 Å². The largest absolute Gasteiger partial charge is 0.280 e. The van der Waals surface area contributed by atoms with Gasteiger partial charge in [0.15, 0.2) is 9.84 Å². The van der Waals surface area contributed by atoms with Crippen molar-refractivity contribution in [3.05, 3.63) is 41.5 Å². The number of rotatable bonds is 4. The normalized spacial score (nSPS) is 19.9. The van der Waals surface area contributed by atoms with E-state index >= 15 is 0 Å². The van der Waals surface area contributed by atoms with Gasteiger partial charge < -0.3 is 0 Å². The van der Waals surface area contributed by atoms with Gasteiger partial charge in [-0.2, -0.15) is 5.10 Å². The molecule has 1 N–H and O–H groups in total. The second-order valence-corrected chi connectivity index (χ2v) is 9.96. The van der Waals surface area contributed by atoms with Crippen LogP contribution in [0.25, 0.3) is 0 Å². The van der Waals surface area contributed by atoms with Crippen molar-refractivity contribution in [3.63, 3.8) is 0 Å². The minimum atomic E-state index is -3.93. The maximum Gasteiger partial charge on any atom is 0.265 e. The molecule has 2 aromatic rings. The number of nitrogens with zero attached hydrogens (tertiary/aromatic N) is 2. The van der Waals surface area contributed by atoms with Gasteiger partial charge in [-0.05, 0) is 44.5 Å². The summed E-state index contributed by atoms with van der Waals surface area (Å²) in [6.45, 7) is 3.16. The number of sulfonamides is 1. The summed E-state index contributed by atoms with van der Waals surface area (Å²) in [6.07, 6.45) is 0.412. The SMILES string of the molecule is Cc1nn(C2CCS(=O)(=O)C2)c(C)c1S(=O)(=O)Nc1ccc(F)cc1. The van der Waals surface area contributed by atoms with Crippen LogP contribution in [0.5, 0.6) is 0 Å². The maximum atomic E-state index is 13.0. The molecule has 0 bridgehead atoms. The average molecular weight is 387 g/mol. The zero-order valence-electron chi connectivity index (χ0n) is 13.7. The molecule has 0 radical (unpaired) electrons. The minimum absolute atomic E-state index is 0.0149. The summed E-state index contributed by atoms with van der Waals surface area (Å²) in [6, 6.07) is 4.60. The fourth-order valence-corrected chi connectivity index (χ4v) is 6.24. The van der Waals surface area contributed by atoms with Crippen molar-refractivity contribution in [1.82, 2.24) is 9.78 Å². The number of sulfone groups is 1. The topological polar surface area (TPSA) is 98.1 Å². The van der Waals surface area contributed by atoms with E-state index in [1.54, 1.807) is 13.8 Å². The van der Waals surface area contributed by atoms with Crippen molar-refractivity contribution in [2.24, 2.45) is 0 Å². The van der Waals surface area contributed by atoms with Crippen LogP contribution in [0, 0.1) is 19.7 Å². The Bertz CT molecular complexity index is 1010. The van der Waals surface area contributed by atoms with E-state index in [1.165, 1.54) is 16.8 Å². The highest BCUT2D eigenvalue weighted by Crippen LogP contribution is 2.29. The number of halogens is 1. The summed E-state index contributed by atoms with van der Waals surface area (Å²) in [7, 11) is -7.04. The summed E-state index contributed by atoms with van der Waals surface area (Å²) >= 11 is 0. The molecule has 0 amide bonds. The Balaban J connectivity index is 1.95. The third-order valence-electron chi connectivity index (χ3n) is 4.18. The molecule has 1 aromatic carbocycles. The van der Waals surface area contributed by atoms with Crippen molar-refractivity contribution < 1.29 is 21.2 Å². The summed E-state index contributed by atoms with van der Waals surface area (Å²) < 4.78 is 65.6. The Kier molecular flexibility index (Phi) is 4.36. The van der Waals surface area contributed by atoms with Crippen LogP contribution in [0.4, 0.5) is 10.1 Å². The molecule has 1 fully saturated rings. The maximum absolute atomic E-state index is 13.0. The second kappa shape index (κ2) is 6.10. The first-order chi connectivity index (χ1) is 11.6. The van der Waals surface area contributed by atoms with Crippen molar-refractivity contribution in [1.29, 1.82) is 0 Å². The third kappa shape index (κ3) is 3.54. The molecular formula is C15H18FN3O4S2. The molecule has 1 aromatic heterocycles. The number of aryl methyl sites for hydroxylation is 1. The fraction of sp³-hybridized carbons (Fsp3) is 0.400. The van der Waals surface area contributed by atoms with Gasteiger partial charge in [0.1, 0.15) is 10.7 Å². The number of benzene rings is 1. The lowest BCUT2D eigenvalue weighted by Gasteiger charge is -2.12. The Morgan fingerprint density at radius 2 is 1.88 bits per heavy atom. The van der Waals surface area contributed by atoms with E-state index < -0.39 is 25.7 Å². The third-order valence-corrected chi connectivity index (χ3v) is 7.56. The summed E-state index contributed by atoms with van der Waals surface area (Å²) in [5.74, 6) is -0.434. The summed E-state index contributed by atoms with van der Waals surface area (Å²) in [5, 5.41) is 4.25. The van der Waals surface area contributed by atoms with Gasteiger partial charge in [0.2, 0.25) is 0 Å². The first-order valence-electron chi connectivity index (χ1n) is 7.63. The van der Waals surface area contributed by atoms with Crippen LogP contribution in [-0.2, 0) is 19.9 Å². The molecule has 3 rings (SSSR count). The molecular weight excluding hydrogens is 369 g/mol. The molecule has 2 heterocycles. The number of anilines is 1. The van der Waals surface area contributed by atoms with Gasteiger partial charge in [-0.25, -0.2) is 21.2 Å². The van der Waals surface area contributed by atoms with Crippen LogP contribution in [0.1, 0.15) is 23.9 Å². The van der Waals surface area contributed by atoms with Gasteiger partial charge in [0.25, 0.3) is 10.0 Å². The Morgan fingerprint density at radius 3 is 2.44 bits per heavy atom. The molecule has 0 saturated carbocycles. The number of aromatic nitrogens is 2. The monoisotopic (exact) mass is 387 g/mol. The van der Waals surface area contributed by atoms with Crippen LogP contribution < -0.4 is 4.72 Å². The first kappa shape index (κ1) is 17.9. The fourth-order valence-electron chi connectivity index (χ4n) is 3.08. The van der Waals surface area contributed by atoms with Crippen LogP contribution >= 0.6 is 0 Å². The summed E-state index contributed by atoms with van der Waals surface area (Å²) in [4.78, 5) is 0.0149. The lowest BCUT2D eigenvalue weighted by molar-refractivity contribution is 0.484. The van der Waals surface area contributed by atoms with Gasteiger partial charge in [0, 0.05) is 5.69 Å². The molecule has 10 heteroatoms. The molecule has 0 spiro atoms. The smallest absolute Gasteiger partial charge is 0.265 e. The van der Waals surface area contributed by atoms with E-state index in [0.29, 0.717) is 12.1 Å². The number of nitrogens with one attached hydrogen (secondary N) is 1. The van der Waals surface area contributed by atoms with Crippen LogP contribution in [0.15, 0.2) is 29.2 Å². The van der Waals surface area contributed by atoms with Crippen LogP contribution in [0.3, 0.4) is 0 Å². The zero-order valence-corrected chi connectivity index (χ0v) is 15.4. The van der Waals surface area contributed by atoms with E-state index in [4.69, 9.17) is 0 Å². The van der Waals surface area contributed by atoms with Gasteiger partial charge >= 0.3 is 0 Å². The predicted octanol–water partition coefficient (Wildman–Crippen LogP) is 1.80. The quantitative estimate of drug-likeness (QED) is 0.863. The first-order valence-corrected chi connectivity index (χ1v) is 10.9. The molecule has 1 atom stereocenters. The second-order valence-electron chi connectivity index (χ2n) is 6.11. The Hall–Kier alpha value is -1.94. The van der Waals surface area contributed by atoms with Crippen molar-refractivity contribution in [2.75, 3.05) is 16.2 Å². The highest BCUT2D eigenvalue weighted by atomic mass is 32.2. The molecule has 136 valence electrons. The van der Waals surface area contributed by atoms with E-state index in [1.807, 2.05) is 0 Å². The molecule has 1 saturated heterocycles. The standard InChI is InChI=1S/C15H18FN3O4S2/c1-10-15(25(22,23)18-13-5-3-12(16)4-6-13)11(2)19(17-10)14-7-8-24(20,21)9-14/h3-6,14,18H,7-9H2,1-2H3. The molecule has 25 heavy (non-hydrogen) atoms. The average Bonchev–Trinajstić information content (AvgIpc) is 3.00. The van der Waals surface area contributed by atoms with Crippen LogP contribution in [0.2, 0.25) is 0 Å². The highest BCUT2D eigenvalue weighted by molar-refractivity contribution is 7.92. The van der Waals surface area contributed by atoms with Crippen molar-refractivity contribution >= 4 is 25.5 Å². The van der Waals surface area contributed by atoms with Gasteiger partial charge in [0.05, 0.1) is 28.9 Å². The predicted molar refractivity (Wildman–Crippen MR) is 91.2 cm³/mol. The molecule has 1 aliphatic rings. The highest BCUT2D eigenvalue weighted by Gasteiger charge is 2.33. The molecule has 1 unspecified atom stereocenters. The summed E-state index contributed by atoms with van der Waals surface area (Å²) in [5.41, 5.74) is 0.905. The molecule has 1 aliphatic heterocycles. The molecule has 7 nitrogen and oxygen atoms in total. The van der Waals surface area contributed by atoms with Gasteiger partial charge in [-0.15, -0.1) is 0 Å². The van der Waals surface area contributed by atoms with Crippen LogP contribution in [-0.4, -0.2) is 38.1 Å². The molecule has 0 aliphatic carbocycles. The van der Waals surface area contributed by atoms with E-state index in [9.17, 15) is 21.2 Å². The lowest BCUT2D eigenvalue weighted by Crippen LogP contribution is -2.17.